The molecular weight excluding hydrogens is 326 g/mol. The van der Waals surface area contributed by atoms with Gasteiger partial charge in [0.25, 0.3) is 5.91 Å². The van der Waals surface area contributed by atoms with Crippen molar-refractivity contribution in [3.05, 3.63) is 52.7 Å². The Balaban J connectivity index is 1.44. The summed E-state index contributed by atoms with van der Waals surface area (Å²) in [5, 5.41) is 4.15. The van der Waals surface area contributed by atoms with Crippen molar-refractivity contribution in [3.63, 3.8) is 0 Å². The number of carbonyl (C=O) groups is 1. The maximum absolute atomic E-state index is 12.7. The molecule has 0 radical (unpaired) electrons. The van der Waals surface area contributed by atoms with Gasteiger partial charge in [-0.2, -0.15) is 0 Å². The zero-order valence-corrected chi connectivity index (χ0v) is 14.1. The molecule has 2 heterocycles. The largest absolute Gasteiger partial charge is 0.448 e. The number of nitrogens with zero attached hydrogens (tertiary/aromatic N) is 2. The molecule has 1 N–H and O–H groups in total. The normalized spacial score (nSPS) is 21.0. The van der Waals surface area contributed by atoms with Gasteiger partial charge in [0.05, 0.1) is 6.04 Å². The van der Waals surface area contributed by atoms with Crippen molar-refractivity contribution in [1.29, 1.82) is 0 Å². The maximum Gasteiger partial charge on any atom is 0.275 e. The Morgan fingerprint density at radius 3 is 3.08 bits per heavy atom. The first-order valence-corrected chi connectivity index (χ1v) is 8.79. The predicted molar refractivity (Wildman–Crippen MR) is 91.0 cm³/mol. The molecule has 1 saturated heterocycles. The maximum atomic E-state index is 12.7. The third-order valence-electron chi connectivity index (χ3n) is 4.64. The average Bonchev–Trinajstić information content (AvgIpc) is 3.29. The fraction of sp³-hybridized carbons (Fsp3) is 0.444. The number of hydrogen-bond acceptors (Lipinski definition) is 4. The molecule has 1 unspecified atom stereocenters. The van der Waals surface area contributed by atoms with Gasteiger partial charge in [0.2, 0.25) is 0 Å². The van der Waals surface area contributed by atoms with Gasteiger partial charge in [-0.05, 0) is 36.5 Å². The Morgan fingerprint density at radius 2 is 2.29 bits per heavy atom. The number of carbonyl (C=O) groups excluding carboxylic acids is 1. The molecule has 5 nitrogen and oxygen atoms in total. The highest BCUT2D eigenvalue weighted by molar-refractivity contribution is 6.30. The summed E-state index contributed by atoms with van der Waals surface area (Å²) >= 11 is 6.08. The van der Waals surface area contributed by atoms with Crippen LogP contribution in [-0.4, -0.2) is 35.4 Å². The molecule has 0 spiro atoms. The zero-order chi connectivity index (χ0) is 16.5. The molecule has 1 aromatic carbocycles. The zero-order valence-electron chi connectivity index (χ0n) is 13.4. The van der Waals surface area contributed by atoms with Crippen LogP contribution in [-0.2, 0) is 6.42 Å². The Bertz CT molecular complexity index is 741. The number of nitrogens with one attached hydrogen (secondary N) is 1. The predicted octanol–water partition coefficient (Wildman–Crippen LogP) is 3.07. The minimum Gasteiger partial charge on any atom is -0.448 e. The Hall–Kier alpha value is -1.85. The highest BCUT2D eigenvalue weighted by Crippen LogP contribution is 2.32. The van der Waals surface area contributed by atoms with Crippen molar-refractivity contribution in [3.8, 4) is 0 Å². The first-order chi connectivity index (χ1) is 11.7. The van der Waals surface area contributed by atoms with Crippen molar-refractivity contribution in [2.45, 2.75) is 25.3 Å². The summed E-state index contributed by atoms with van der Waals surface area (Å²) in [6.07, 6.45) is 4.83. The summed E-state index contributed by atoms with van der Waals surface area (Å²) in [5.74, 6) is 1.31. The van der Waals surface area contributed by atoms with E-state index in [1.54, 1.807) is 0 Å². The van der Waals surface area contributed by atoms with Gasteiger partial charge in [-0.15, -0.1) is 0 Å². The molecule has 1 aliphatic carbocycles. The molecule has 4 rings (SSSR count). The third kappa shape index (κ3) is 3.47. The molecule has 2 aromatic rings. The van der Waals surface area contributed by atoms with Crippen LogP contribution < -0.4 is 5.32 Å². The summed E-state index contributed by atoms with van der Waals surface area (Å²) in [6, 6.07) is 7.84. The van der Waals surface area contributed by atoms with E-state index in [0.717, 1.165) is 18.5 Å². The molecule has 24 heavy (non-hydrogen) atoms. The van der Waals surface area contributed by atoms with Crippen molar-refractivity contribution in [2.75, 3.05) is 19.6 Å². The standard InChI is InChI=1S/C18H20ClN3O2/c19-14-3-1-2-13(9-14)15-10-22(7-6-20-15)18(23)16-11-24-17(21-16)8-12-4-5-12/h1-3,9,11-12,15,20H,4-8,10H2. The second kappa shape index (κ2) is 6.57. The number of oxazole rings is 1. The summed E-state index contributed by atoms with van der Waals surface area (Å²) in [4.78, 5) is 18.9. The number of rotatable bonds is 4. The number of halogens is 1. The summed E-state index contributed by atoms with van der Waals surface area (Å²) in [7, 11) is 0. The minimum atomic E-state index is -0.0608. The van der Waals surface area contributed by atoms with E-state index in [2.05, 4.69) is 10.3 Å². The molecule has 2 aliphatic rings. The third-order valence-corrected chi connectivity index (χ3v) is 4.88. The summed E-state index contributed by atoms with van der Waals surface area (Å²) in [5.41, 5.74) is 1.51. The van der Waals surface area contributed by atoms with Crippen molar-refractivity contribution in [2.24, 2.45) is 5.92 Å². The van der Waals surface area contributed by atoms with Crippen LogP contribution >= 0.6 is 11.6 Å². The lowest BCUT2D eigenvalue weighted by molar-refractivity contribution is 0.0697. The fourth-order valence-electron chi connectivity index (χ4n) is 3.11. The van der Waals surface area contributed by atoms with E-state index in [-0.39, 0.29) is 11.9 Å². The van der Waals surface area contributed by atoms with Crippen molar-refractivity contribution in [1.82, 2.24) is 15.2 Å². The molecule has 1 amide bonds. The van der Waals surface area contributed by atoms with Crippen LogP contribution in [0.15, 0.2) is 34.9 Å². The van der Waals surface area contributed by atoms with Gasteiger partial charge < -0.3 is 14.6 Å². The SMILES string of the molecule is O=C(c1coc(CC2CC2)n1)N1CCNC(c2cccc(Cl)c2)C1. The van der Waals surface area contributed by atoms with Gasteiger partial charge in [-0.3, -0.25) is 4.79 Å². The van der Waals surface area contributed by atoms with Gasteiger partial charge in [-0.25, -0.2) is 4.98 Å². The topological polar surface area (TPSA) is 58.4 Å². The van der Waals surface area contributed by atoms with Crippen molar-refractivity contribution < 1.29 is 9.21 Å². The Morgan fingerprint density at radius 1 is 1.42 bits per heavy atom. The lowest BCUT2D eigenvalue weighted by Crippen LogP contribution is -2.48. The number of amides is 1. The van der Waals surface area contributed by atoms with E-state index >= 15 is 0 Å². The number of benzene rings is 1. The van der Waals surface area contributed by atoms with E-state index in [4.69, 9.17) is 16.0 Å². The van der Waals surface area contributed by atoms with Crippen LogP contribution in [0.1, 0.15) is 40.8 Å². The molecule has 126 valence electrons. The van der Waals surface area contributed by atoms with Crippen molar-refractivity contribution >= 4 is 17.5 Å². The van der Waals surface area contributed by atoms with E-state index in [0.29, 0.717) is 35.6 Å². The lowest BCUT2D eigenvalue weighted by Gasteiger charge is -2.33. The van der Waals surface area contributed by atoms with E-state index in [9.17, 15) is 4.79 Å². The smallest absolute Gasteiger partial charge is 0.275 e. The number of aromatic nitrogens is 1. The van der Waals surface area contributed by atoms with Crippen LogP contribution in [0.2, 0.25) is 5.02 Å². The first-order valence-electron chi connectivity index (χ1n) is 8.41. The van der Waals surface area contributed by atoms with Gasteiger partial charge in [0.15, 0.2) is 11.6 Å². The molecule has 2 fully saturated rings. The van der Waals surface area contributed by atoms with Crippen LogP contribution in [0.3, 0.4) is 0 Å². The quantitative estimate of drug-likeness (QED) is 0.925. The first kappa shape index (κ1) is 15.7. The number of piperazine rings is 1. The minimum absolute atomic E-state index is 0.0608. The molecule has 1 aromatic heterocycles. The molecule has 1 aliphatic heterocycles. The highest BCUT2D eigenvalue weighted by atomic mass is 35.5. The average molecular weight is 346 g/mol. The fourth-order valence-corrected chi connectivity index (χ4v) is 3.31. The van der Waals surface area contributed by atoms with Gasteiger partial charge in [0.1, 0.15) is 6.26 Å². The van der Waals surface area contributed by atoms with Crippen LogP contribution in [0.5, 0.6) is 0 Å². The molecule has 1 saturated carbocycles. The van der Waals surface area contributed by atoms with Gasteiger partial charge in [0, 0.05) is 31.1 Å². The van der Waals surface area contributed by atoms with E-state index in [1.165, 1.54) is 19.1 Å². The van der Waals surface area contributed by atoms with Crippen LogP contribution in [0, 0.1) is 5.92 Å². The lowest BCUT2D eigenvalue weighted by atomic mass is 10.0. The van der Waals surface area contributed by atoms with E-state index in [1.807, 2.05) is 29.2 Å². The van der Waals surface area contributed by atoms with Gasteiger partial charge >= 0.3 is 0 Å². The second-order valence-corrected chi connectivity index (χ2v) is 7.02. The summed E-state index contributed by atoms with van der Waals surface area (Å²) < 4.78 is 5.46. The van der Waals surface area contributed by atoms with E-state index < -0.39 is 0 Å². The summed E-state index contributed by atoms with van der Waals surface area (Å²) in [6.45, 7) is 2.01. The molecule has 6 heteroatoms. The number of hydrogen-bond donors (Lipinski definition) is 1. The van der Waals surface area contributed by atoms with Crippen LogP contribution in [0.4, 0.5) is 0 Å². The van der Waals surface area contributed by atoms with Gasteiger partial charge in [-0.1, -0.05) is 23.7 Å². The monoisotopic (exact) mass is 345 g/mol. The second-order valence-electron chi connectivity index (χ2n) is 6.59. The highest BCUT2D eigenvalue weighted by Gasteiger charge is 2.28. The molecule has 1 atom stereocenters. The Labute approximate surface area is 146 Å². The Kier molecular flexibility index (Phi) is 4.29. The molecular formula is C18H20ClN3O2. The van der Waals surface area contributed by atoms with Crippen LogP contribution in [0.25, 0.3) is 0 Å². The molecule has 0 bridgehead atoms.